The Bertz CT molecular complexity index is 475. The number of amidine groups is 1. The Morgan fingerprint density at radius 1 is 1.30 bits per heavy atom. The van der Waals surface area contributed by atoms with Crippen LogP contribution >= 0.6 is 0 Å². The van der Waals surface area contributed by atoms with E-state index in [9.17, 15) is 0 Å². The van der Waals surface area contributed by atoms with Gasteiger partial charge in [-0.05, 0) is 20.8 Å². The summed E-state index contributed by atoms with van der Waals surface area (Å²) in [6.45, 7) is 9.31. The molecule has 0 amide bonds. The Morgan fingerprint density at radius 3 is 2.50 bits per heavy atom. The van der Waals surface area contributed by atoms with Crippen LogP contribution in [0.25, 0.3) is 0 Å². The van der Waals surface area contributed by atoms with Gasteiger partial charge in [0.25, 0.3) is 0 Å². The first-order chi connectivity index (χ1) is 9.51. The van der Waals surface area contributed by atoms with Crippen LogP contribution in [0.1, 0.15) is 18.4 Å². The zero-order valence-electron chi connectivity index (χ0n) is 12.2. The van der Waals surface area contributed by atoms with E-state index < -0.39 is 0 Å². The molecule has 1 unspecified atom stereocenters. The molecule has 7 nitrogen and oxygen atoms in total. The third kappa shape index (κ3) is 3.16. The number of aromatic nitrogens is 2. The van der Waals surface area contributed by atoms with E-state index in [0.717, 1.165) is 43.5 Å². The third-order valence-electron chi connectivity index (χ3n) is 3.68. The van der Waals surface area contributed by atoms with Crippen LogP contribution in [0.2, 0.25) is 0 Å². The number of oxime groups is 1. The zero-order chi connectivity index (χ0) is 14.7. The van der Waals surface area contributed by atoms with E-state index in [1.54, 1.807) is 0 Å². The van der Waals surface area contributed by atoms with E-state index in [-0.39, 0.29) is 11.9 Å². The molecule has 0 aliphatic carbocycles. The van der Waals surface area contributed by atoms with Crippen LogP contribution in [-0.2, 0) is 0 Å². The monoisotopic (exact) mass is 278 g/mol. The van der Waals surface area contributed by atoms with Crippen LogP contribution in [0.4, 0.5) is 5.82 Å². The SMILES string of the molecule is Cc1cc(N2CCN(C(C)C(N)=NO)CC2)nc(C)n1. The first-order valence-electron chi connectivity index (χ1n) is 6.80. The summed E-state index contributed by atoms with van der Waals surface area (Å²) in [5.74, 6) is 2.03. The summed E-state index contributed by atoms with van der Waals surface area (Å²) >= 11 is 0. The molecule has 1 saturated heterocycles. The maximum Gasteiger partial charge on any atom is 0.156 e. The molecular formula is C13H22N6O. The highest BCUT2D eigenvalue weighted by atomic mass is 16.4. The average molecular weight is 278 g/mol. The quantitative estimate of drug-likeness (QED) is 0.359. The number of hydrogen-bond donors (Lipinski definition) is 2. The lowest BCUT2D eigenvalue weighted by atomic mass is 10.2. The first kappa shape index (κ1) is 14.5. The lowest BCUT2D eigenvalue weighted by Gasteiger charge is -2.38. The van der Waals surface area contributed by atoms with Gasteiger partial charge in [0.2, 0.25) is 0 Å². The second kappa shape index (κ2) is 6.04. The van der Waals surface area contributed by atoms with Crippen molar-refractivity contribution in [1.82, 2.24) is 14.9 Å². The fourth-order valence-electron chi connectivity index (χ4n) is 2.47. The molecule has 110 valence electrons. The molecule has 0 radical (unpaired) electrons. The summed E-state index contributed by atoms with van der Waals surface area (Å²) in [5, 5.41) is 11.8. The van der Waals surface area contributed by atoms with Crippen molar-refractivity contribution >= 4 is 11.7 Å². The molecule has 1 aliphatic rings. The highest BCUT2D eigenvalue weighted by Gasteiger charge is 2.24. The van der Waals surface area contributed by atoms with Gasteiger partial charge in [0.15, 0.2) is 5.84 Å². The van der Waals surface area contributed by atoms with Gasteiger partial charge in [-0.15, -0.1) is 0 Å². The van der Waals surface area contributed by atoms with Crippen LogP contribution in [0, 0.1) is 13.8 Å². The van der Waals surface area contributed by atoms with Gasteiger partial charge in [-0.2, -0.15) is 0 Å². The molecule has 1 aromatic heterocycles. The Labute approximate surface area is 119 Å². The third-order valence-corrected chi connectivity index (χ3v) is 3.68. The van der Waals surface area contributed by atoms with Crippen LogP contribution < -0.4 is 10.6 Å². The Kier molecular flexibility index (Phi) is 4.39. The summed E-state index contributed by atoms with van der Waals surface area (Å²) < 4.78 is 0. The molecular weight excluding hydrogens is 256 g/mol. The largest absolute Gasteiger partial charge is 0.409 e. The van der Waals surface area contributed by atoms with E-state index in [0.29, 0.717) is 0 Å². The summed E-state index contributed by atoms with van der Waals surface area (Å²) in [6, 6.07) is 1.96. The molecule has 1 fully saturated rings. The molecule has 0 aromatic carbocycles. The van der Waals surface area contributed by atoms with Crippen molar-refractivity contribution in [2.24, 2.45) is 10.9 Å². The Balaban J connectivity index is 2.00. The number of anilines is 1. The number of nitrogens with two attached hydrogens (primary N) is 1. The van der Waals surface area contributed by atoms with Gasteiger partial charge in [-0.25, -0.2) is 9.97 Å². The highest BCUT2D eigenvalue weighted by molar-refractivity contribution is 5.84. The van der Waals surface area contributed by atoms with E-state index in [1.807, 2.05) is 26.8 Å². The van der Waals surface area contributed by atoms with Gasteiger partial charge in [0, 0.05) is 37.9 Å². The summed E-state index contributed by atoms with van der Waals surface area (Å²) in [6.07, 6.45) is 0. The summed E-state index contributed by atoms with van der Waals surface area (Å²) in [5.41, 5.74) is 6.64. The van der Waals surface area contributed by atoms with Crippen molar-refractivity contribution in [1.29, 1.82) is 0 Å². The van der Waals surface area contributed by atoms with E-state index in [2.05, 4.69) is 24.9 Å². The lowest BCUT2D eigenvalue weighted by Crippen LogP contribution is -2.53. The maximum atomic E-state index is 8.74. The van der Waals surface area contributed by atoms with Crippen LogP contribution in [-0.4, -0.2) is 58.1 Å². The molecule has 7 heteroatoms. The predicted molar refractivity (Wildman–Crippen MR) is 78.2 cm³/mol. The average Bonchev–Trinajstić information content (AvgIpc) is 2.45. The van der Waals surface area contributed by atoms with Crippen molar-refractivity contribution < 1.29 is 5.21 Å². The standard InChI is InChI=1S/C13H22N6O/c1-9-8-12(16-11(3)15-9)19-6-4-18(5-7-19)10(2)13(14)17-20/h8,10,20H,4-7H2,1-3H3,(H2,14,17). The molecule has 0 bridgehead atoms. The smallest absolute Gasteiger partial charge is 0.156 e. The lowest BCUT2D eigenvalue weighted by molar-refractivity contribution is 0.230. The van der Waals surface area contributed by atoms with Crippen molar-refractivity contribution in [2.75, 3.05) is 31.1 Å². The number of hydrogen-bond acceptors (Lipinski definition) is 6. The molecule has 1 aliphatic heterocycles. The topological polar surface area (TPSA) is 90.9 Å². The highest BCUT2D eigenvalue weighted by Crippen LogP contribution is 2.16. The van der Waals surface area contributed by atoms with Gasteiger partial charge in [0.1, 0.15) is 11.6 Å². The minimum atomic E-state index is -0.0454. The molecule has 3 N–H and O–H groups in total. The summed E-state index contributed by atoms with van der Waals surface area (Å²) in [7, 11) is 0. The summed E-state index contributed by atoms with van der Waals surface area (Å²) in [4.78, 5) is 13.2. The van der Waals surface area contributed by atoms with Gasteiger partial charge < -0.3 is 15.8 Å². The fourth-order valence-corrected chi connectivity index (χ4v) is 2.47. The molecule has 1 atom stereocenters. The predicted octanol–water partition coefficient (Wildman–Crippen LogP) is 0.350. The molecule has 0 spiro atoms. The minimum Gasteiger partial charge on any atom is -0.409 e. The normalized spacial score (nSPS) is 19.1. The van der Waals surface area contributed by atoms with E-state index >= 15 is 0 Å². The second-order valence-electron chi connectivity index (χ2n) is 5.14. The van der Waals surface area contributed by atoms with Crippen LogP contribution in [0.15, 0.2) is 11.2 Å². The molecule has 2 heterocycles. The molecule has 20 heavy (non-hydrogen) atoms. The van der Waals surface area contributed by atoms with Gasteiger partial charge >= 0.3 is 0 Å². The molecule has 1 aromatic rings. The number of nitrogens with zero attached hydrogens (tertiary/aromatic N) is 5. The second-order valence-corrected chi connectivity index (χ2v) is 5.14. The number of rotatable bonds is 3. The van der Waals surface area contributed by atoms with Crippen LogP contribution in [0.5, 0.6) is 0 Å². The van der Waals surface area contributed by atoms with Gasteiger partial charge in [-0.1, -0.05) is 5.16 Å². The number of aryl methyl sites for hydroxylation is 2. The molecule has 0 saturated carbocycles. The van der Waals surface area contributed by atoms with Crippen LogP contribution in [0.3, 0.4) is 0 Å². The fraction of sp³-hybridized carbons (Fsp3) is 0.615. The maximum absolute atomic E-state index is 8.74. The van der Waals surface area contributed by atoms with Gasteiger partial charge in [-0.3, -0.25) is 4.90 Å². The van der Waals surface area contributed by atoms with Gasteiger partial charge in [0.05, 0.1) is 6.04 Å². The number of piperazine rings is 1. The van der Waals surface area contributed by atoms with E-state index in [4.69, 9.17) is 10.9 Å². The van der Waals surface area contributed by atoms with Crippen molar-refractivity contribution in [3.63, 3.8) is 0 Å². The van der Waals surface area contributed by atoms with Crippen molar-refractivity contribution in [3.05, 3.63) is 17.6 Å². The Morgan fingerprint density at radius 2 is 1.95 bits per heavy atom. The zero-order valence-corrected chi connectivity index (χ0v) is 12.2. The minimum absolute atomic E-state index is 0.0454. The van der Waals surface area contributed by atoms with Crippen molar-refractivity contribution in [2.45, 2.75) is 26.8 Å². The van der Waals surface area contributed by atoms with Crippen molar-refractivity contribution in [3.8, 4) is 0 Å². The Hall–Kier alpha value is -1.89. The van der Waals surface area contributed by atoms with E-state index in [1.165, 1.54) is 0 Å². The first-order valence-corrected chi connectivity index (χ1v) is 6.80. The molecule has 2 rings (SSSR count).